The van der Waals surface area contributed by atoms with Crippen LogP contribution in [0.25, 0.3) is 0 Å². The van der Waals surface area contributed by atoms with Gasteiger partial charge in [-0.25, -0.2) is 0 Å². The van der Waals surface area contributed by atoms with Gasteiger partial charge < -0.3 is 15.2 Å². The smallest absolute Gasteiger partial charge is 0.191 e. The summed E-state index contributed by atoms with van der Waals surface area (Å²) in [5, 5.41) is 12.8. The highest BCUT2D eigenvalue weighted by Crippen LogP contribution is 2.19. The zero-order valence-electron chi connectivity index (χ0n) is 14.0. The lowest BCUT2D eigenvalue weighted by Gasteiger charge is -2.15. The van der Waals surface area contributed by atoms with Gasteiger partial charge in [-0.15, -0.1) is 35.3 Å². The summed E-state index contributed by atoms with van der Waals surface area (Å²) in [6.07, 6.45) is 0.877. The van der Waals surface area contributed by atoms with Gasteiger partial charge in [-0.05, 0) is 31.7 Å². The Balaban J connectivity index is 0.00000264. The maximum absolute atomic E-state index is 5.18. The van der Waals surface area contributed by atoms with Crippen LogP contribution in [-0.2, 0) is 6.42 Å². The molecule has 1 atom stereocenters. The van der Waals surface area contributed by atoms with Crippen LogP contribution in [0.5, 0.6) is 0 Å². The van der Waals surface area contributed by atoms with E-state index in [0.29, 0.717) is 5.92 Å². The lowest BCUT2D eigenvalue weighted by Crippen LogP contribution is -2.39. The van der Waals surface area contributed by atoms with E-state index < -0.39 is 0 Å². The first kappa shape index (κ1) is 20.0. The molecule has 2 heterocycles. The number of hydrogen-bond donors (Lipinski definition) is 2. The third-order valence-electron chi connectivity index (χ3n) is 3.68. The number of nitrogens with zero attached hydrogens (tertiary/aromatic N) is 2. The molecule has 5 nitrogen and oxygen atoms in total. The van der Waals surface area contributed by atoms with Crippen molar-refractivity contribution in [2.45, 2.75) is 33.1 Å². The molecule has 23 heavy (non-hydrogen) atoms. The number of nitrogens with one attached hydrogen (secondary N) is 2. The van der Waals surface area contributed by atoms with Crippen LogP contribution in [0.15, 0.2) is 27.0 Å². The Morgan fingerprint density at radius 2 is 2.17 bits per heavy atom. The average molecular weight is 448 g/mol. The largest absolute Gasteiger partial charge is 0.361 e. The van der Waals surface area contributed by atoms with Crippen molar-refractivity contribution in [2.75, 3.05) is 20.1 Å². The van der Waals surface area contributed by atoms with Gasteiger partial charge in [0.05, 0.1) is 5.69 Å². The molecule has 0 bridgehead atoms. The average Bonchev–Trinajstić information content (AvgIpc) is 3.15. The molecule has 2 aromatic rings. The van der Waals surface area contributed by atoms with Gasteiger partial charge in [-0.2, -0.15) is 0 Å². The van der Waals surface area contributed by atoms with Gasteiger partial charge in [-0.1, -0.05) is 18.1 Å². The van der Waals surface area contributed by atoms with E-state index in [1.807, 2.05) is 13.8 Å². The topological polar surface area (TPSA) is 62.5 Å². The van der Waals surface area contributed by atoms with E-state index in [2.05, 4.69) is 45.2 Å². The number of thiophene rings is 1. The molecule has 0 spiro atoms. The van der Waals surface area contributed by atoms with E-state index in [9.17, 15) is 0 Å². The summed E-state index contributed by atoms with van der Waals surface area (Å²) in [7, 11) is 1.79. The van der Waals surface area contributed by atoms with Crippen molar-refractivity contribution in [3.63, 3.8) is 0 Å². The minimum atomic E-state index is 0. The molecular formula is C16H25IN4OS. The summed E-state index contributed by atoms with van der Waals surface area (Å²) in [5.74, 6) is 2.20. The minimum absolute atomic E-state index is 0. The van der Waals surface area contributed by atoms with Crippen LogP contribution in [0.4, 0.5) is 0 Å². The van der Waals surface area contributed by atoms with Gasteiger partial charge in [0.15, 0.2) is 5.96 Å². The Labute approximate surface area is 159 Å². The molecule has 0 saturated carbocycles. The second kappa shape index (κ2) is 9.92. The van der Waals surface area contributed by atoms with E-state index in [4.69, 9.17) is 4.52 Å². The highest BCUT2D eigenvalue weighted by molar-refractivity contribution is 14.0. The molecule has 0 aliphatic heterocycles. The van der Waals surface area contributed by atoms with Crippen LogP contribution in [0.1, 0.15) is 34.7 Å². The number of hydrogen-bond acceptors (Lipinski definition) is 4. The molecule has 0 radical (unpaired) electrons. The Hall–Kier alpha value is -1.09. The first-order chi connectivity index (χ1) is 10.6. The first-order valence-electron chi connectivity index (χ1n) is 7.51. The molecule has 0 amide bonds. The SMILES string of the molecule is CN=C(NCCc1c(C)noc1C)NCC(C)c1cccs1.I. The normalized spacial score (nSPS) is 12.6. The molecule has 2 aromatic heterocycles. The van der Waals surface area contributed by atoms with Crippen LogP contribution >= 0.6 is 35.3 Å². The molecule has 0 fully saturated rings. The maximum atomic E-state index is 5.18. The van der Waals surface area contributed by atoms with Crippen molar-refractivity contribution in [1.29, 1.82) is 0 Å². The first-order valence-corrected chi connectivity index (χ1v) is 8.39. The number of aromatic nitrogens is 1. The van der Waals surface area contributed by atoms with Crippen molar-refractivity contribution in [3.8, 4) is 0 Å². The van der Waals surface area contributed by atoms with E-state index in [1.54, 1.807) is 18.4 Å². The van der Waals surface area contributed by atoms with Crippen LogP contribution < -0.4 is 10.6 Å². The summed E-state index contributed by atoms with van der Waals surface area (Å²) < 4.78 is 5.18. The van der Waals surface area contributed by atoms with E-state index in [0.717, 1.165) is 36.9 Å². The van der Waals surface area contributed by atoms with Crippen LogP contribution in [0, 0.1) is 13.8 Å². The van der Waals surface area contributed by atoms with Crippen molar-refractivity contribution in [3.05, 3.63) is 39.4 Å². The third-order valence-corrected chi connectivity index (χ3v) is 4.78. The van der Waals surface area contributed by atoms with Gasteiger partial charge in [0.1, 0.15) is 5.76 Å². The fraction of sp³-hybridized carbons (Fsp3) is 0.500. The monoisotopic (exact) mass is 448 g/mol. The number of guanidine groups is 1. The molecule has 7 heteroatoms. The van der Waals surface area contributed by atoms with Crippen LogP contribution in [0.2, 0.25) is 0 Å². The quantitative estimate of drug-likeness (QED) is 0.404. The van der Waals surface area contributed by atoms with Crippen molar-refractivity contribution in [1.82, 2.24) is 15.8 Å². The van der Waals surface area contributed by atoms with Gasteiger partial charge in [0.2, 0.25) is 0 Å². The minimum Gasteiger partial charge on any atom is -0.361 e. The lowest BCUT2D eigenvalue weighted by molar-refractivity contribution is 0.392. The summed E-state index contributed by atoms with van der Waals surface area (Å²) in [6.45, 7) is 7.81. The van der Waals surface area contributed by atoms with Gasteiger partial charge in [0, 0.05) is 36.5 Å². The molecule has 2 N–H and O–H groups in total. The Bertz CT molecular complexity index is 590. The molecule has 2 rings (SSSR count). The lowest BCUT2D eigenvalue weighted by atomic mass is 10.1. The second-order valence-corrected chi connectivity index (χ2v) is 6.33. The van der Waals surface area contributed by atoms with E-state index in [-0.39, 0.29) is 24.0 Å². The maximum Gasteiger partial charge on any atom is 0.191 e. The Morgan fingerprint density at radius 3 is 2.74 bits per heavy atom. The van der Waals surface area contributed by atoms with Crippen LogP contribution in [0.3, 0.4) is 0 Å². The molecule has 0 aromatic carbocycles. The predicted molar refractivity (Wildman–Crippen MR) is 107 cm³/mol. The molecule has 0 aliphatic carbocycles. The fourth-order valence-electron chi connectivity index (χ4n) is 2.31. The number of aliphatic imine (C=N–C) groups is 1. The highest BCUT2D eigenvalue weighted by atomic mass is 127. The Morgan fingerprint density at radius 1 is 1.39 bits per heavy atom. The second-order valence-electron chi connectivity index (χ2n) is 5.35. The number of aryl methyl sites for hydroxylation is 2. The van der Waals surface area contributed by atoms with Crippen LogP contribution in [-0.4, -0.2) is 31.3 Å². The number of halogens is 1. The summed E-state index contributed by atoms with van der Waals surface area (Å²) in [5.41, 5.74) is 2.14. The zero-order chi connectivity index (χ0) is 15.9. The van der Waals surface area contributed by atoms with Crippen molar-refractivity contribution >= 4 is 41.3 Å². The summed E-state index contributed by atoms with van der Waals surface area (Å²) in [4.78, 5) is 5.65. The number of rotatable bonds is 6. The van der Waals surface area contributed by atoms with Gasteiger partial charge >= 0.3 is 0 Å². The molecule has 0 aliphatic rings. The van der Waals surface area contributed by atoms with E-state index in [1.165, 1.54) is 10.4 Å². The van der Waals surface area contributed by atoms with Gasteiger partial charge in [0.25, 0.3) is 0 Å². The third kappa shape index (κ3) is 5.80. The van der Waals surface area contributed by atoms with Gasteiger partial charge in [-0.3, -0.25) is 4.99 Å². The molecule has 128 valence electrons. The Kier molecular flexibility index (Phi) is 8.60. The van der Waals surface area contributed by atoms with Crippen molar-refractivity contribution < 1.29 is 4.52 Å². The van der Waals surface area contributed by atoms with E-state index >= 15 is 0 Å². The molecule has 0 saturated heterocycles. The highest BCUT2D eigenvalue weighted by Gasteiger charge is 2.10. The summed E-state index contributed by atoms with van der Waals surface area (Å²) in [6, 6.07) is 4.26. The summed E-state index contributed by atoms with van der Waals surface area (Å²) >= 11 is 1.79. The molecule has 1 unspecified atom stereocenters. The standard InChI is InChI=1S/C16H24N4OS.HI/c1-11(15-6-5-9-22-15)10-19-16(17-4)18-8-7-14-12(2)20-21-13(14)3;/h5-6,9,11H,7-8,10H2,1-4H3,(H2,17,18,19);1H. The predicted octanol–water partition coefficient (Wildman–Crippen LogP) is 3.48. The van der Waals surface area contributed by atoms with Crippen molar-refractivity contribution in [2.24, 2.45) is 4.99 Å². The zero-order valence-corrected chi connectivity index (χ0v) is 17.2. The fourth-order valence-corrected chi connectivity index (χ4v) is 3.09. The molecular weight excluding hydrogens is 423 g/mol.